The molecule has 7 heteroatoms. The van der Waals surface area contributed by atoms with Gasteiger partial charge in [0.1, 0.15) is 11.6 Å². The van der Waals surface area contributed by atoms with Crippen molar-refractivity contribution in [3.63, 3.8) is 0 Å². The van der Waals surface area contributed by atoms with Crippen LogP contribution in [0.4, 0.5) is 5.82 Å². The maximum absolute atomic E-state index is 11.5. The number of nitrogens with zero attached hydrogens (tertiary/aromatic N) is 4. The van der Waals surface area contributed by atoms with E-state index in [9.17, 15) is 4.79 Å². The second-order valence-electron chi connectivity index (χ2n) is 4.77. The molecule has 2 rings (SSSR count). The Balaban J connectivity index is 2.01. The monoisotopic (exact) mass is 278 g/mol. The first-order valence-corrected chi connectivity index (χ1v) is 7.06. The van der Waals surface area contributed by atoms with E-state index in [1.54, 1.807) is 13.0 Å². The molecule has 0 saturated carbocycles. The summed E-state index contributed by atoms with van der Waals surface area (Å²) in [5.41, 5.74) is 0.336. The van der Waals surface area contributed by atoms with Gasteiger partial charge in [-0.25, -0.2) is 19.3 Å². The molecule has 0 bridgehead atoms. The van der Waals surface area contributed by atoms with Crippen LogP contribution in [-0.2, 0) is 0 Å². The first kappa shape index (κ1) is 14.5. The largest absolute Gasteiger partial charge is 0.369 e. The molecule has 0 aliphatic rings. The number of rotatable bonds is 7. The summed E-state index contributed by atoms with van der Waals surface area (Å²) >= 11 is 0. The highest BCUT2D eigenvalue weighted by Gasteiger charge is 2.07. The van der Waals surface area contributed by atoms with E-state index in [1.165, 1.54) is 4.40 Å². The topological polar surface area (TPSA) is 78.3 Å². The van der Waals surface area contributed by atoms with Gasteiger partial charge in [-0.05, 0) is 26.4 Å². The number of likely N-dealkylation sites (N-methyl/N-ethyl adjacent to an activating group) is 1. The fourth-order valence-corrected chi connectivity index (χ4v) is 2.27. The number of aromatic nitrogens is 4. The standard InChI is InChI=1S/C13H22N6O/c1-4-7-18(5-2)8-6-14-11-9-12-16-17-13(20)19(12)10(3)15-11/h9,14H,4-8H2,1-3H3,(H,17,20). The minimum absolute atomic E-state index is 0.253. The fourth-order valence-electron chi connectivity index (χ4n) is 2.27. The lowest BCUT2D eigenvalue weighted by atomic mass is 10.4. The van der Waals surface area contributed by atoms with Gasteiger partial charge in [0.05, 0.1) is 0 Å². The second-order valence-corrected chi connectivity index (χ2v) is 4.77. The molecule has 0 amide bonds. The highest BCUT2D eigenvalue weighted by Crippen LogP contribution is 2.07. The Morgan fingerprint density at radius 1 is 1.40 bits per heavy atom. The van der Waals surface area contributed by atoms with Crippen molar-refractivity contribution in [3.05, 3.63) is 22.4 Å². The average Bonchev–Trinajstić information content (AvgIpc) is 2.80. The van der Waals surface area contributed by atoms with E-state index < -0.39 is 0 Å². The minimum Gasteiger partial charge on any atom is -0.369 e. The van der Waals surface area contributed by atoms with Crippen molar-refractivity contribution in [2.75, 3.05) is 31.5 Å². The van der Waals surface area contributed by atoms with Crippen molar-refractivity contribution < 1.29 is 0 Å². The van der Waals surface area contributed by atoms with Crippen LogP contribution in [0.25, 0.3) is 5.65 Å². The Bertz CT molecular complexity index is 617. The van der Waals surface area contributed by atoms with Gasteiger partial charge in [0.15, 0.2) is 5.65 Å². The molecule has 0 atom stereocenters. The number of anilines is 1. The molecule has 0 aliphatic carbocycles. The van der Waals surface area contributed by atoms with Crippen molar-refractivity contribution in [1.29, 1.82) is 0 Å². The summed E-state index contributed by atoms with van der Waals surface area (Å²) in [4.78, 5) is 18.3. The molecule has 0 radical (unpaired) electrons. The van der Waals surface area contributed by atoms with E-state index in [2.05, 4.69) is 39.2 Å². The maximum atomic E-state index is 11.5. The molecule has 7 nitrogen and oxygen atoms in total. The van der Waals surface area contributed by atoms with Gasteiger partial charge in [-0.2, -0.15) is 5.10 Å². The Labute approximate surface area is 118 Å². The highest BCUT2D eigenvalue weighted by molar-refractivity contribution is 5.49. The smallest absolute Gasteiger partial charge is 0.349 e. The Morgan fingerprint density at radius 3 is 2.90 bits per heavy atom. The summed E-state index contributed by atoms with van der Waals surface area (Å²) in [7, 11) is 0. The molecule has 0 aromatic carbocycles. The van der Waals surface area contributed by atoms with Gasteiger partial charge in [0, 0.05) is 19.2 Å². The molecule has 20 heavy (non-hydrogen) atoms. The van der Waals surface area contributed by atoms with Crippen LogP contribution in [0.15, 0.2) is 10.9 Å². The quantitative estimate of drug-likeness (QED) is 0.785. The van der Waals surface area contributed by atoms with Crippen LogP contribution in [0, 0.1) is 6.92 Å². The van der Waals surface area contributed by atoms with Gasteiger partial charge in [0.25, 0.3) is 0 Å². The van der Waals surface area contributed by atoms with Crippen molar-refractivity contribution in [2.24, 2.45) is 0 Å². The van der Waals surface area contributed by atoms with Crippen molar-refractivity contribution >= 4 is 11.5 Å². The molecule has 2 heterocycles. The summed E-state index contributed by atoms with van der Waals surface area (Å²) in [6.07, 6.45) is 1.16. The molecule has 0 saturated heterocycles. The van der Waals surface area contributed by atoms with Gasteiger partial charge in [0.2, 0.25) is 0 Å². The lowest BCUT2D eigenvalue weighted by Crippen LogP contribution is -2.29. The zero-order valence-electron chi connectivity index (χ0n) is 12.3. The summed E-state index contributed by atoms with van der Waals surface area (Å²) in [6, 6.07) is 1.78. The molecule has 2 N–H and O–H groups in total. The van der Waals surface area contributed by atoms with Crippen molar-refractivity contribution in [2.45, 2.75) is 27.2 Å². The van der Waals surface area contributed by atoms with Gasteiger partial charge < -0.3 is 10.2 Å². The van der Waals surface area contributed by atoms with Gasteiger partial charge in [-0.15, -0.1) is 0 Å². The number of aryl methyl sites for hydroxylation is 1. The second kappa shape index (κ2) is 6.51. The van der Waals surface area contributed by atoms with Gasteiger partial charge in [-0.3, -0.25) is 0 Å². The lowest BCUT2D eigenvalue weighted by Gasteiger charge is -2.19. The van der Waals surface area contributed by atoms with Gasteiger partial charge >= 0.3 is 5.69 Å². The molecule has 0 unspecified atom stereocenters. The first-order chi connectivity index (χ1) is 9.65. The third-order valence-corrected chi connectivity index (χ3v) is 3.29. The molecule has 0 fully saturated rings. The zero-order valence-corrected chi connectivity index (χ0v) is 12.3. The Morgan fingerprint density at radius 2 is 2.20 bits per heavy atom. The van der Waals surface area contributed by atoms with Crippen LogP contribution >= 0.6 is 0 Å². The molecule has 0 spiro atoms. The SMILES string of the molecule is CCCN(CC)CCNc1cc2n[nH]c(=O)n2c(C)n1. The minimum atomic E-state index is -0.253. The molecule has 2 aromatic heterocycles. The van der Waals surface area contributed by atoms with Crippen LogP contribution < -0.4 is 11.0 Å². The fraction of sp³-hybridized carbons (Fsp3) is 0.615. The first-order valence-electron chi connectivity index (χ1n) is 7.06. The van der Waals surface area contributed by atoms with Crippen molar-refractivity contribution in [1.82, 2.24) is 24.5 Å². The highest BCUT2D eigenvalue weighted by atomic mass is 16.1. The molecular weight excluding hydrogens is 256 g/mol. The van der Waals surface area contributed by atoms with E-state index in [4.69, 9.17) is 0 Å². The number of hydrogen-bond donors (Lipinski definition) is 2. The Kier molecular flexibility index (Phi) is 4.73. The Hall–Kier alpha value is -1.89. The normalized spacial score (nSPS) is 11.4. The predicted octanol–water partition coefficient (Wildman–Crippen LogP) is 0.870. The van der Waals surface area contributed by atoms with E-state index >= 15 is 0 Å². The molecular formula is C13H22N6O. The lowest BCUT2D eigenvalue weighted by molar-refractivity contribution is 0.300. The molecule has 2 aromatic rings. The van der Waals surface area contributed by atoms with Crippen molar-refractivity contribution in [3.8, 4) is 0 Å². The number of fused-ring (bicyclic) bond motifs is 1. The third-order valence-electron chi connectivity index (χ3n) is 3.29. The number of H-pyrrole nitrogens is 1. The average molecular weight is 278 g/mol. The van der Waals surface area contributed by atoms with Gasteiger partial charge in [-0.1, -0.05) is 13.8 Å². The molecule has 110 valence electrons. The van der Waals surface area contributed by atoms with Crippen LogP contribution in [0.1, 0.15) is 26.1 Å². The van der Waals surface area contributed by atoms with E-state index in [0.717, 1.165) is 38.4 Å². The number of hydrogen-bond acceptors (Lipinski definition) is 5. The van der Waals surface area contributed by atoms with Crippen LogP contribution in [0.3, 0.4) is 0 Å². The number of nitrogens with one attached hydrogen (secondary N) is 2. The summed E-state index contributed by atoms with van der Waals surface area (Å²) < 4.78 is 1.46. The van der Waals surface area contributed by atoms with E-state index in [0.29, 0.717) is 11.5 Å². The maximum Gasteiger partial charge on any atom is 0.349 e. The molecule has 0 aliphatic heterocycles. The summed E-state index contributed by atoms with van der Waals surface area (Å²) in [5.74, 6) is 1.38. The van der Waals surface area contributed by atoms with Crippen LogP contribution in [-0.4, -0.2) is 50.7 Å². The number of aromatic amines is 1. The van der Waals surface area contributed by atoms with E-state index in [1.807, 2.05) is 0 Å². The van der Waals surface area contributed by atoms with E-state index in [-0.39, 0.29) is 5.69 Å². The predicted molar refractivity (Wildman–Crippen MR) is 79.2 cm³/mol. The van der Waals surface area contributed by atoms with Crippen LogP contribution in [0.2, 0.25) is 0 Å². The van der Waals surface area contributed by atoms with Crippen LogP contribution in [0.5, 0.6) is 0 Å². The summed E-state index contributed by atoms with van der Waals surface area (Å²) in [5, 5.41) is 9.68. The zero-order chi connectivity index (χ0) is 14.5. The third kappa shape index (κ3) is 3.16. The summed E-state index contributed by atoms with van der Waals surface area (Å²) in [6.45, 7) is 10.1.